The Labute approximate surface area is 273 Å². The highest BCUT2D eigenvalue weighted by Gasteiger charge is 2.42. The number of carbonyl (C=O) groups excluding carboxylic acids is 3. The van der Waals surface area contributed by atoms with Crippen molar-refractivity contribution < 1.29 is 28.4 Å². The largest absolute Gasteiger partial charge is 0.490 e. The molecule has 3 atom stereocenters. The molecular formula is C33H53N8O5+. The van der Waals surface area contributed by atoms with Crippen LogP contribution in [0.5, 0.6) is 5.75 Å². The molecule has 0 aliphatic carbocycles. The van der Waals surface area contributed by atoms with E-state index in [-0.39, 0.29) is 17.9 Å². The van der Waals surface area contributed by atoms with Crippen molar-refractivity contribution in [2.75, 3.05) is 44.2 Å². The van der Waals surface area contributed by atoms with Crippen molar-refractivity contribution >= 4 is 35.5 Å². The zero-order chi connectivity index (χ0) is 33.6. The number of ether oxygens (including phenoxy) is 2. The average Bonchev–Trinajstić information content (AvgIpc) is 3.40. The lowest BCUT2D eigenvalue weighted by Crippen LogP contribution is -2.48. The molecule has 3 aliphatic heterocycles. The molecule has 0 saturated carbocycles. The Morgan fingerprint density at radius 2 is 1.83 bits per heavy atom. The first-order valence-corrected chi connectivity index (χ1v) is 16.7. The maximum atomic E-state index is 12.9. The van der Waals surface area contributed by atoms with Gasteiger partial charge in [-0.1, -0.05) is 27.7 Å². The summed E-state index contributed by atoms with van der Waals surface area (Å²) in [6.45, 7) is 17.1. The van der Waals surface area contributed by atoms with Gasteiger partial charge in [0.15, 0.2) is 12.3 Å². The number of aliphatic imine (C=N–C) groups is 1. The van der Waals surface area contributed by atoms with Crippen molar-refractivity contribution in [3.63, 3.8) is 0 Å². The van der Waals surface area contributed by atoms with Crippen molar-refractivity contribution in [1.82, 2.24) is 20.2 Å². The van der Waals surface area contributed by atoms with Gasteiger partial charge in [-0.25, -0.2) is 24.4 Å². The minimum atomic E-state index is -0.634. The Hall–Kier alpha value is -3.77. The van der Waals surface area contributed by atoms with Crippen molar-refractivity contribution in [2.45, 2.75) is 92.2 Å². The second-order valence-corrected chi connectivity index (χ2v) is 14.4. The number of anilines is 1. The van der Waals surface area contributed by atoms with Gasteiger partial charge in [-0.05, 0) is 58.3 Å². The summed E-state index contributed by atoms with van der Waals surface area (Å²) in [6, 6.07) is -0.641. The maximum absolute atomic E-state index is 12.9. The van der Waals surface area contributed by atoms with Crippen LogP contribution in [-0.2, 0) is 9.53 Å². The summed E-state index contributed by atoms with van der Waals surface area (Å²) in [5.74, 6) is 2.92. The van der Waals surface area contributed by atoms with E-state index in [2.05, 4.69) is 34.1 Å². The zero-order valence-electron chi connectivity index (χ0n) is 28.6. The Bertz CT molecular complexity index is 1300. The number of piperidine rings is 2. The van der Waals surface area contributed by atoms with E-state index in [0.29, 0.717) is 81.0 Å². The topological polar surface area (TPSA) is 155 Å². The van der Waals surface area contributed by atoms with Gasteiger partial charge in [-0.15, -0.1) is 0 Å². The number of carbonyl (C=O) groups is 3. The summed E-state index contributed by atoms with van der Waals surface area (Å²) < 4.78 is 13.3. The fourth-order valence-corrected chi connectivity index (χ4v) is 6.10. The number of likely N-dealkylation sites (tertiary alicyclic amines) is 1. The van der Waals surface area contributed by atoms with Crippen LogP contribution in [0.25, 0.3) is 0 Å². The summed E-state index contributed by atoms with van der Waals surface area (Å²) >= 11 is 0. The summed E-state index contributed by atoms with van der Waals surface area (Å²) in [7, 11) is 0. The maximum Gasteiger partial charge on any atom is 0.408 e. The van der Waals surface area contributed by atoms with Crippen molar-refractivity contribution in [1.29, 1.82) is 0 Å². The van der Waals surface area contributed by atoms with Gasteiger partial charge in [0, 0.05) is 24.9 Å². The summed E-state index contributed by atoms with van der Waals surface area (Å²) in [5.41, 5.74) is 6.07. The molecule has 3 saturated heterocycles. The van der Waals surface area contributed by atoms with Crippen LogP contribution in [0.1, 0.15) is 80.6 Å². The minimum absolute atomic E-state index is 0.0514. The highest BCUT2D eigenvalue weighted by molar-refractivity contribution is 5.98. The van der Waals surface area contributed by atoms with E-state index in [4.69, 9.17) is 15.2 Å². The number of hydrogen-bond donors (Lipinski definition) is 2. The van der Waals surface area contributed by atoms with Crippen LogP contribution in [0.2, 0.25) is 0 Å². The second-order valence-electron chi connectivity index (χ2n) is 14.4. The van der Waals surface area contributed by atoms with Gasteiger partial charge in [0.05, 0.1) is 32.0 Å². The molecule has 46 heavy (non-hydrogen) atoms. The Morgan fingerprint density at radius 3 is 2.46 bits per heavy atom. The minimum Gasteiger partial charge on any atom is -0.490 e. The molecule has 1 aromatic heterocycles. The molecule has 4 heterocycles. The van der Waals surface area contributed by atoms with Crippen LogP contribution < -0.4 is 20.7 Å². The lowest BCUT2D eigenvalue weighted by molar-refractivity contribution is -0.466. The lowest BCUT2D eigenvalue weighted by Gasteiger charge is -2.34. The normalized spacial score (nSPS) is 23.9. The zero-order valence-corrected chi connectivity index (χ0v) is 28.6. The Morgan fingerprint density at radius 1 is 1.15 bits per heavy atom. The first-order chi connectivity index (χ1) is 21.7. The summed E-state index contributed by atoms with van der Waals surface area (Å²) in [6.07, 6.45) is 6.92. The van der Waals surface area contributed by atoms with Crippen LogP contribution in [0.15, 0.2) is 17.4 Å². The van der Waals surface area contributed by atoms with Crippen LogP contribution in [-0.4, -0.2) is 100.0 Å². The number of nitrogens with one attached hydrogen (secondary N) is 1. The molecule has 1 aromatic rings. The van der Waals surface area contributed by atoms with Crippen LogP contribution in [0, 0.1) is 23.7 Å². The van der Waals surface area contributed by atoms with Gasteiger partial charge < -0.3 is 30.3 Å². The molecule has 4 rings (SSSR count). The Balaban J connectivity index is 1.30. The molecule has 13 nitrogen and oxygen atoms in total. The van der Waals surface area contributed by atoms with E-state index in [0.717, 1.165) is 31.4 Å². The van der Waals surface area contributed by atoms with E-state index in [1.807, 2.05) is 44.1 Å². The number of nitrogens with zero attached hydrogens (tertiary/aromatic N) is 6. The number of nitrogens with two attached hydrogens (primary N) is 1. The monoisotopic (exact) mass is 641 g/mol. The Kier molecular flexibility index (Phi) is 11.6. The molecule has 3 aliphatic rings. The molecule has 13 heteroatoms. The molecule has 0 aromatic carbocycles. The number of amides is 4. The quantitative estimate of drug-likeness (QED) is 0.245. The molecule has 0 spiro atoms. The van der Waals surface area contributed by atoms with Gasteiger partial charge in [0.2, 0.25) is 11.7 Å². The van der Waals surface area contributed by atoms with E-state index in [1.165, 1.54) is 0 Å². The summed E-state index contributed by atoms with van der Waals surface area (Å²) in [5, 5.41) is 2.97. The number of rotatable bonds is 8. The SMILES string of the molecule is CC1CCC(=O)[N+](=C2CN(c3ncc(OCCC(C)C4CCN(C(=O)N=C(N)C(C)C)CC4)cn3)CC2NC(=O)OC(C)(C)C)C1. The number of hydrogen-bond acceptors (Lipinski definition) is 8. The first kappa shape index (κ1) is 35.1. The van der Waals surface area contributed by atoms with E-state index in [9.17, 15) is 14.4 Å². The number of aromatic nitrogens is 2. The predicted octanol–water partition coefficient (Wildman–Crippen LogP) is 3.85. The highest BCUT2D eigenvalue weighted by Crippen LogP contribution is 2.28. The lowest BCUT2D eigenvalue weighted by atomic mass is 9.84. The third-order valence-corrected chi connectivity index (χ3v) is 9.01. The van der Waals surface area contributed by atoms with E-state index in [1.54, 1.807) is 17.3 Å². The fourth-order valence-electron chi connectivity index (χ4n) is 6.10. The molecule has 0 radical (unpaired) electrons. The molecule has 254 valence electrons. The van der Waals surface area contributed by atoms with Gasteiger partial charge in [0.25, 0.3) is 0 Å². The number of amidine groups is 1. The van der Waals surface area contributed by atoms with Gasteiger partial charge in [0.1, 0.15) is 24.0 Å². The van der Waals surface area contributed by atoms with E-state index < -0.39 is 17.7 Å². The molecule has 3 unspecified atom stereocenters. The van der Waals surface area contributed by atoms with Crippen LogP contribution in [0.3, 0.4) is 0 Å². The van der Waals surface area contributed by atoms with Crippen molar-refractivity contribution in [3.05, 3.63) is 12.4 Å². The molecule has 0 bridgehead atoms. The molecular weight excluding hydrogens is 588 g/mol. The third kappa shape index (κ3) is 9.62. The molecule has 3 fully saturated rings. The molecule has 4 amide bonds. The van der Waals surface area contributed by atoms with Crippen molar-refractivity contribution in [2.24, 2.45) is 34.4 Å². The second kappa shape index (κ2) is 15.2. The fraction of sp³-hybridized carbons (Fsp3) is 0.727. The van der Waals surface area contributed by atoms with Crippen molar-refractivity contribution in [3.8, 4) is 5.75 Å². The van der Waals surface area contributed by atoms with Crippen LogP contribution in [0.4, 0.5) is 15.5 Å². The first-order valence-electron chi connectivity index (χ1n) is 16.7. The molecule has 3 N–H and O–H groups in total. The van der Waals surface area contributed by atoms with Gasteiger partial charge in [-0.2, -0.15) is 9.57 Å². The third-order valence-electron chi connectivity index (χ3n) is 9.01. The van der Waals surface area contributed by atoms with Crippen LogP contribution >= 0.6 is 0 Å². The standard InChI is InChI=1S/C33H52N8O5/c1-21(2)29(34)38-31(43)39-13-10-24(11-14-39)23(4)12-15-45-25-16-35-30(36-17-25)40-19-26(37-32(44)46-33(5,6)7)27(20-40)41-18-22(3)8-9-28(41)42/h16-17,21-24,26H,8-15,18-20H2,1-7H3,(H2-,34,37,38,43,44)/p+1. The summed E-state index contributed by atoms with van der Waals surface area (Å²) in [4.78, 5) is 54.9. The predicted molar refractivity (Wildman–Crippen MR) is 176 cm³/mol. The van der Waals surface area contributed by atoms with E-state index >= 15 is 0 Å². The van der Waals surface area contributed by atoms with Gasteiger partial charge in [-0.3, -0.25) is 0 Å². The van der Waals surface area contributed by atoms with Gasteiger partial charge >= 0.3 is 18.0 Å². The number of alkyl carbamates (subject to hydrolysis) is 1. The highest BCUT2D eigenvalue weighted by atomic mass is 16.6. The number of urea groups is 1. The smallest absolute Gasteiger partial charge is 0.408 e. The average molecular weight is 642 g/mol.